The van der Waals surface area contributed by atoms with Gasteiger partial charge in [-0.1, -0.05) is 12.8 Å². The van der Waals surface area contributed by atoms with E-state index in [1.807, 2.05) is 6.92 Å². The zero-order chi connectivity index (χ0) is 18.8. The number of piperazine rings is 1. The van der Waals surface area contributed by atoms with Gasteiger partial charge in [-0.3, -0.25) is 14.6 Å². The lowest BCUT2D eigenvalue weighted by Gasteiger charge is -2.34. The van der Waals surface area contributed by atoms with Crippen molar-refractivity contribution in [1.29, 1.82) is 0 Å². The van der Waals surface area contributed by atoms with Crippen molar-refractivity contribution >= 4 is 5.91 Å². The van der Waals surface area contributed by atoms with Crippen LogP contribution in [0.1, 0.15) is 29.7 Å². The Morgan fingerprint density at radius 3 is 2.88 bits per heavy atom. The van der Waals surface area contributed by atoms with Crippen LogP contribution in [0.2, 0.25) is 0 Å². The van der Waals surface area contributed by atoms with Crippen LogP contribution >= 0.6 is 0 Å². The molecule has 26 heavy (non-hydrogen) atoms. The Hall–Kier alpha value is -1.92. The minimum absolute atomic E-state index is 0.201. The number of aliphatic hydroxyl groups is 1. The number of nitrogens with zero attached hydrogens (tertiary/aromatic N) is 3. The van der Waals surface area contributed by atoms with Crippen molar-refractivity contribution in [3.05, 3.63) is 17.8 Å². The molecule has 1 aromatic rings. The summed E-state index contributed by atoms with van der Waals surface area (Å²) in [6.07, 6.45) is 6.86. The van der Waals surface area contributed by atoms with E-state index in [9.17, 15) is 9.90 Å². The summed E-state index contributed by atoms with van der Waals surface area (Å²) in [5.41, 5.74) is 0.321. The quantitative estimate of drug-likeness (QED) is 0.444. The number of aliphatic hydroxyl groups excluding tert-OH is 1. The van der Waals surface area contributed by atoms with Gasteiger partial charge in [0.1, 0.15) is 12.9 Å². The van der Waals surface area contributed by atoms with Crippen LogP contribution in [-0.4, -0.2) is 84.4 Å². The second kappa shape index (κ2) is 10.9. The Kier molecular flexibility index (Phi) is 8.58. The SMILES string of the molecule is C#CCOC[C@@H](O)CN1CCN(Cc2nc(C(=O)NCCC)co2)CC1. The van der Waals surface area contributed by atoms with Crippen LogP contribution in [0.3, 0.4) is 0 Å². The van der Waals surface area contributed by atoms with E-state index in [2.05, 4.69) is 26.0 Å². The first kappa shape index (κ1) is 20.4. The molecule has 144 valence electrons. The van der Waals surface area contributed by atoms with E-state index in [0.717, 1.165) is 32.6 Å². The molecule has 1 fully saturated rings. The number of rotatable bonds is 10. The summed E-state index contributed by atoms with van der Waals surface area (Å²) in [5, 5.41) is 12.7. The third-order valence-corrected chi connectivity index (χ3v) is 4.11. The highest BCUT2D eigenvalue weighted by molar-refractivity contribution is 5.91. The van der Waals surface area contributed by atoms with Gasteiger partial charge in [-0.15, -0.1) is 6.42 Å². The number of aromatic nitrogens is 1. The zero-order valence-electron chi connectivity index (χ0n) is 15.3. The monoisotopic (exact) mass is 364 g/mol. The van der Waals surface area contributed by atoms with Crippen molar-refractivity contribution < 1.29 is 19.1 Å². The van der Waals surface area contributed by atoms with Gasteiger partial charge in [-0.25, -0.2) is 4.98 Å². The Balaban J connectivity index is 1.69. The van der Waals surface area contributed by atoms with Gasteiger partial charge in [0.15, 0.2) is 5.69 Å². The number of hydrogen-bond acceptors (Lipinski definition) is 7. The van der Waals surface area contributed by atoms with Crippen LogP contribution in [0.25, 0.3) is 0 Å². The summed E-state index contributed by atoms with van der Waals surface area (Å²) in [5.74, 6) is 2.72. The van der Waals surface area contributed by atoms with Gasteiger partial charge < -0.3 is 19.6 Å². The molecule has 2 N–H and O–H groups in total. The molecule has 0 spiro atoms. The number of amides is 1. The minimum atomic E-state index is -0.536. The molecule has 1 aromatic heterocycles. The van der Waals surface area contributed by atoms with Crippen molar-refractivity contribution in [1.82, 2.24) is 20.1 Å². The third-order valence-electron chi connectivity index (χ3n) is 4.11. The molecule has 2 rings (SSSR count). The van der Waals surface area contributed by atoms with Crippen LogP contribution in [0.4, 0.5) is 0 Å². The van der Waals surface area contributed by atoms with E-state index in [0.29, 0.717) is 31.2 Å². The van der Waals surface area contributed by atoms with Gasteiger partial charge in [0.2, 0.25) is 5.89 Å². The molecule has 0 saturated carbocycles. The predicted molar refractivity (Wildman–Crippen MR) is 96.5 cm³/mol. The van der Waals surface area contributed by atoms with Crippen LogP contribution in [0, 0.1) is 12.3 Å². The lowest BCUT2D eigenvalue weighted by molar-refractivity contribution is 0.0146. The van der Waals surface area contributed by atoms with Crippen molar-refractivity contribution in [3.8, 4) is 12.3 Å². The lowest BCUT2D eigenvalue weighted by atomic mass is 10.2. The fourth-order valence-electron chi connectivity index (χ4n) is 2.74. The van der Waals surface area contributed by atoms with E-state index < -0.39 is 6.10 Å². The minimum Gasteiger partial charge on any atom is -0.447 e. The first-order valence-electron chi connectivity index (χ1n) is 8.99. The second-order valence-corrected chi connectivity index (χ2v) is 6.33. The fourth-order valence-corrected chi connectivity index (χ4v) is 2.74. The fraction of sp³-hybridized carbons (Fsp3) is 0.667. The predicted octanol–water partition coefficient (Wildman–Crippen LogP) is -0.0573. The van der Waals surface area contributed by atoms with Crippen LogP contribution in [0.5, 0.6) is 0 Å². The van der Waals surface area contributed by atoms with E-state index in [1.54, 1.807) is 0 Å². The highest BCUT2D eigenvalue weighted by atomic mass is 16.5. The number of nitrogens with one attached hydrogen (secondary N) is 1. The van der Waals surface area contributed by atoms with Crippen molar-refractivity contribution in [2.45, 2.75) is 26.0 Å². The number of terminal acetylenes is 1. The summed E-state index contributed by atoms with van der Waals surface area (Å²) in [6.45, 7) is 7.62. The number of oxazole rings is 1. The molecule has 1 amide bonds. The van der Waals surface area contributed by atoms with E-state index in [4.69, 9.17) is 15.6 Å². The average Bonchev–Trinajstić information content (AvgIpc) is 3.10. The summed E-state index contributed by atoms with van der Waals surface area (Å²) in [4.78, 5) is 20.5. The first-order valence-corrected chi connectivity index (χ1v) is 8.99. The number of hydrogen-bond donors (Lipinski definition) is 2. The summed E-state index contributed by atoms with van der Waals surface area (Å²) in [6, 6.07) is 0. The summed E-state index contributed by atoms with van der Waals surface area (Å²) < 4.78 is 10.6. The molecule has 0 radical (unpaired) electrons. The summed E-state index contributed by atoms with van der Waals surface area (Å²) in [7, 11) is 0. The molecule has 8 heteroatoms. The Labute approximate surface area is 154 Å². The van der Waals surface area contributed by atoms with Gasteiger partial charge in [-0.2, -0.15) is 0 Å². The smallest absolute Gasteiger partial charge is 0.273 e. The Morgan fingerprint density at radius 1 is 1.46 bits per heavy atom. The van der Waals surface area contributed by atoms with Crippen LogP contribution in [-0.2, 0) is 11.3 Å². The second-order valence-electron chi connectivity index (χ2n) is 6.33. The topological polar surface area (TPSA) is 91.1 Å². The van der Waals surface area contributed by atoms with Crippen LogP contribution < -0.4 is 5.32 Å². The highest BCUT2D eigenvalue weighted by Crippen LogP contribution is 2.09. The maximum absolute atomic E-state index is 11.9. The first-order chi connectivity index (χ1) is 12.6. The van der Waals surface area contributed by atoms with Gasteiger partial charge in [0, 0.05) is 39.3 Å². The molecule has 0 bridgehead atoms. The van der Waals surface area contributed by atoms with Gasteiger partial charge in [-0.05, 0) is 6.42 Å². The van der Waals surface area contributed by atoms with E-state index >= 15 is 0 Å². The number of carbonyl (C=O) groups is 1. The maximum Gasteiger partial charge on any atom is 0.273 e. The molecule has 1 aliphatic heterocycles. The third kappa shape index (κ3) is 6.77. The molecule has 0 aliphatic carbocycles. The molecule has 0 aromatic carbocycles. The van der Waals surface area contributed by atoms with Gasteiger partial charge in [0.05, 0.1) is 19.3 Å². The maximum atomic E-state index is 11.9. The number of ether oxygens (including phenoxy) is 1. The number of carbonyl (C=O) groups excluding carboxylic acids is 1. The van der Waals surface area contributed by atoms with E-state index in [1.165, 1.54) is 6.26 Å². The Morgan fingerprint density at radius 2 is 2.19 bits per heavy atom. The van der Waals surface area contributed by atoms with Gasteiger partial charge >= 0.3 is 0 Å². The molecular weight excluding hydrogens is 336 g/mol. The lowest BCUT2D eigenvalue weighted by Crippen LogP contribution is -2.48. The van der Waals surface area contributed by atoms with Crippen molar-refractivity contribution in [2.24, 2.45) is 0 Å². The molecule has 1 atom stereocenters. The largest absolute Gasteiger partial charge is 0.447 e. The number of β-amino-alcohol motifs (C(OH)–C–C–N with tert-alkyl or cyclic N) is 1. The average molecular weight is 364 g/mol. The molecule has 1 saturated heterocycles. The molecule has 8 nitrogen and oxygen atoms in total. The molecule has 0 unspecified atom stereocenters. The van der Waals surface area contributed by atoms with Crippen LogP contribution in [0.15, 0.2) is 10.7 Å². The standard InChI is InChI=1S/C18H28N4O4/c1-3-5-19-18(24)16-14-26-17(20-16)12-22-8-6-21(7-9-22)11-15(23)13-25-10-4-2/h2,14-15,23H,3,5-13H2,1H3,(H,19,24)/t15-/m0/s1. The summed E-state index contributed by atoms with van der Waals surface area (Å²) >= 11 is 0. The molecule has 1 aliphatic rings. The highest BCUT2D eigenvalue weighted by Gasteiger charge is 2.21. The van der Waals surface area contributed by atoms with Crippen molar-refractivity contribution in [3.63, 3.8) is 0 Å². The Bertz CT molecular complexity index is 590. The molecular formula is C18H28N4O4. The van der Waals surface area contributed by atoms with E-state index in [-0.39, 0.29) is 19.1 Å². The normalized spacial score (nSPS) is 17.0. The molecule has 2 heterocycles. The van der Waals surface area contributed by atoms with Crippen molar-refractivity contribution in [2.75, 3.05) is 52.5 Å². The zero-order valence-corrected chi connectivity index (χ0v) is 15.3. The van der Waals surface area contributed by atoms with Gasteiger partial charge in [0.25, 0.3) is 5.91 Å².